The number of aldehydes is 1. The first-order valence-electron chi connectivity index (χ1n) is 7.06. The highest BCUT2D eigenvalue weighted by Gasteiger charge is 2.36. The second-order valence-corrected chi connectivity index (χ2v) is 12.4. The molecule has 0 saturated carbocycles. The van der Waals surface area contributed by atoms with E-state index < -0.39 is 20.2 Å². The molecule has 1 aromatic heterocycles. The summed E-state index contributed by atoms with van der Waals surface area (Å²) >= 11 is 0. The third-order valence-corrected chi connectivity index (χ3v) is 9.56. The maximum absolute atomic E-state index is 12.4. The maximum atomic E-state index is 12.4. The Kier molecular flexibility index (Phi) is 6.86. The summed E-state index contributed by atoms with van der Waals surface area (Å²) in [6.45, 7) is 10.1. The molecule has 0 saturated heterocycles. The molecular weight excluding hydrogens is 322 g/mol. The Labute approximate surface area is 136 Å². The van der Waals surface area contributed by atoms with Crippen LogP contribution < -0.4 is 0 Å². The minimum absolute atomic E-state index is 0.134. The fraction of sp³-hybridized carbons (Fsp3) is 0.714. The number of hydrogen-bond donors (Lipinski definition) is 0. The van der Waals surface area contributed by atoms with Crippen molar-refractivity contribution in [3.63, 3.8) is 0 Å². The van der Waals surface area contributed by atoms with Gasteiger partial charge in [-0.3, -0.25) is 4.79 Å². The van der Waals surface area contributed by atoms with Crippen LogP contribution in [0.5, 0.6) is 0 Å². The van der Waals surface area contributed by atoms with E-state index in [1.807, 2.05) is 47.1 Å². The van der Waals surface area contributed by atoms with E-state index >= 15 is 0 Å². The van der Waals surface area contributed by atoms with E-state index in [4.69, 9.17) is 0 Å². The predicted molar refractivity (Wildman–Crippen MR) is 94.4 cm³/mol. The number of carbonyl (C=O) groups excluding carboxylic acids is 1. The maximum Gasteiger partial charge on any atom is 0.309 e. The average molecular weight is 352 g/mol. The van der Waals surface area contributed by atoms with Crippen molar-refractivity contribution in [3.05, 3.63) is 11.9 Å². The van der Waals surface area contributed by atoms with Crippen LogP contribution in [0.1, 0.15) is 45.1 Å². The summed E-state index contributed by atoms with van der Waals surface area (Å²) < 4.78 is 26.9. The topological polar surface area (TPSA) is 72.3 Å². The SMILES string of the molecule is CC.CN(C)S(=O)(=O)n1cc(C=O)nc1S(C)(C)C(C)(C)C. The van der Waals surface area contributed by atoms with Crippen LogP contribution >= 0.6 is 10.0 Å². The lowest BCUT2D eigenvalue weighted by atomic mass is 10.3. The van der Waals surface area contributed by atoms with Gasteiger partial charge in [-0.2, -0.15) is 22.8 Å². The lowest BCUT2D eigenvalue weighted by Gasteiger charge is -2.43. The lowest BCUT2D eigenvalue weighted by molar-refractivity contribution is 0.111. The van der Waals surface area contributed by atoms with E-state index in [1.165, 1.54) is 20.3 Å². The molecule has 0 spiro atoms. The fourth-order valence-electron chi connectivity index (χ4n) is 1.37. The van der Waals surface area contributed by atoms with Crippen molar-refractivity contribution in [3.8, 4) is 0 Å². The Bertz CT molecular complexity index is 612. The third kappa shape index (κ3) is 3.91. The highest BCUT2D eigenvalue weighted by molar-refractivity contribution is 8.33. The molecule has 0 fully saturated rings. The van der Waals surface area contributed by atoms with E-state index in [0.29, 0.717) is 11.4 Å². The lowest BCUT2D eigenvalue weighted by Crippen LogP contribution is -2.32. The van der Waals surface area contributed by atoms with Crippen LogP contribution in [0.4, 0.5) is 0 Å². The van der Waals surface area contributed by atoms with Crippen molar-refractivity contribution < 1.29 is 13.2 Å². The first-order chi connectivity index (χ1) is 9.85. The smallest absolute Gasteiger partial charge is 0.296 e. The van der Waals surface area contributed by atoms with Crippen molar-refractivity contribution in [2.24, 2.45) is 0 Å². The molecule has 0 aliphatic carbocycles. The molecule has 0 radical (unpaired) electrons. The van der Waals surface area contributed by atoms with Crippen molar-refractivity contribution in [1.29, 1.82) is 0 Å². The van der Waals surface area contributed by atoms with Gasteiger partial charge in [-0.25, -0.2) is 8.96 Å². The molecule has 0 amide bonds. The first kappa shape index (κ1) is 21.1. The second kappa shape index (κ2) is 7.14. The van der Waals surface area contributed by atoms with E-state index in [1.54, 1.807) is 0 Å². The largest absolute Gasteiger partial charge is 0.309 e. The number of hydrogen-bond acceptors (Lipinski definition) is 4. The van der Waals surface area contributed by atoms with Crippen LogP contribution in [-0.2, 0) is 10.2 Å². The van der Waals surface area contributed by atoms with Crippen LogP contribution in [0, 0.1) is 0 Å². The summed E-state index contributed by atoms with van der Waals surface area (Å²) in [7, 11) is -2.30. The zero-order valence-electron chi connectivity index (χ0n) is 15.0. The molecule has 0 aliphatic heterocycles. The fourth-order valence-corrected chi connectivity index (χ4v) is 4.43. The summed E-state index contributed by atoms with van der Waals surface area (Å²) in [4.78, 5) is 15.2. The summed E-state index contributed by atoms with van der Waals surface area (Å²) in [5.41, 5.74) is 0.134. The molecule has 0 aromatic carbocycles. The van der Waals surface area contributed by atoms with E-state index in [2.05, 4.69) is 4.98 Å². The van der Waals surface area contributed by atoms with Gasteiger partial charge in [-0.15, -0.1) is 0 Å². The predicted octanol–water partition coefficient (Wildman–Crippen LogP) is 2.60. The number of aromatic nitrogens is 2. The highest BCUT2D eigenvalue weighted by atomic mass is 32.3. The van der Waals surface area contributed by atoms with Gasteiger partial charge in [0, 0.05) is 14.1 Å². The Morgan fingerprint density at radius 3 is 1.95 bits per heavy atom. The summed E-state index contributed by atoms with van der Waals surface area (Å²) in [5.74, 6) is 0. The quantitative estimate of drug-likeness (QED) is 0.782. The number of carbonyl (C=O) groups is 1. The van der Waals surface area contributed by atoms with E-state index in [0.717, 1.165) is 8.28 Å². The minimum atomic E-state index is -3.69. The Morgan fingerprint density at radius 2 is 1.64 bits per heavy atom. The van der Waals surface area contributed by atoms with E-state index in [-0.39, 0.29) is 10.4 Å². The molecule has 1 heterocycles. The zero-order chi connectivity index (χ0) is 17.9. The molecule has 0 atom stereocenters. The molecular formula is C14H29N3O3S2. The van der Waals surface area contributed by atoms with Gasteiger partial charge in [0.25, 0.3) is 0 Å². The number of rotatable bonds is 4. The first-order valence-corrected chi connectivity index (χ1v) is 10.9. The molecule has 130 valence electrons. The monoisotopic (exact) mass is 351 g/mol. The van der Waals surface area contributed by atoms with Crippen molar-refractivity contribution in [2.75, 3.05) is 26.6 Å². The standard InChI is InChI=1S/C12H23N3O3S2.C2H6/c1-12(2,3)19(6,7)11-13-10(9-16)8-15(11)20(17,18)14(4)5;1-2/h8-9H,1-7H3;1-2H3. The van der Waals surface area contributed by atoms with Gasteiger partial charge in [0.2, 0.25) is 0 Å². The van der Waals surface area contributed by atoms with Crippen molar-refractivity contribution >= 4 is 26.5 Å². The minimum Gasteiger partial charge on any atom is -0.296 e. The molecule has 1 aromatic rings. The van der Waals surface area contributed by atoms with Crippen LogP contribution in [0.3, 0.4) is 0 Å². The van der Waals surface area contributed by atoms with Gasteiger partial charge in [0.05, 0.1) is 6.20 Å². The van der Waals surface area contributed by atoms with Gasteiger partial charge in [-0.1, -0.05) is 34.6 Å². The second-order valence-electron chi connectivity index (χ2n) is 6.09. The molecule has 1 rings (SSSR count). The van der Waals surface area contributed by atoms with Crippen LogP contribution in [0.25, 0.3) is 0 Å². The molecule has 0 N–H and O–H groups in total. The molecule has 0 bridgehead atoms. The Morgan fingerprint density at radius 1 is 1.18 bits per heavy atom. The average Bonchev–Trinajstić information content (AvgIpc) is 2.85. The summed E-state index contributed by atoms with van der Waals surface area (Å²) in [6.07, 6.45) is 5.87. The number of imidazole rings is 1. The molecule has 0 unspecified atom stereocenters. The molecule has 6 nitrogen and oxygen atoms in total. The zero-order valence-corrected chi connectivity index (χ0v) is 16.7. The third-order valence-electron chi connectivity index (χ3n) is 3.48. The van der Waals surface area contributed by atoms with Gasteiger partial charge >= 0.3 is 10.2 Å². The Balaban J connectivity index is 0.00000211. The Hall–Kier alpha value is -0.860. The summed E-state index contributed by atoms with van der Waals surface area (Å²) in [5, 5.41) is 0.445. The van der Waals surface area contributed by atoms with E-state index in [9.17, 15) is 13.2 Å². The number of nitrogens with zero attached hydrogens (tertiary/aromatic N) is 3. The molecule has 8 heteroatoms. The van der Waals surface area contributed by atoms with Gasteiger partial charge < -0.3 is 0 Å². The van der Waals surface area contributed by atoms with Crippen molar-refractivity contribution in [2.45, 2.75) is 44.5 Å². The molecule has 22 heavy (non-hydrogen) atoms. The van der Waals surface area contributed by atoms with Crippen LogP contribution in [0.2, 0.25) is 0 Å². The van der Waals surface area contributed by atoms with Crippen LogP contribution in [0.15, 0.2) is 11.4 Å². The summed E-state index contributed by atoms with van der Waals surface area (Å²) in [6, 6.07) is 0. The van der Waals surface area contributed by atoms with Gasteiger partial charge in [0.15, 0.2) is 11.4 Å². The normalized spacial score (nSPS) is 13.5. The van der Waals surface area contributed by atoms with Crippen LogP contribution in [-0.4, -0.2) is 59.3 Å². The molecule has 0 aliphatic rings. The highest BCUT2D eigenvalue weighted by Crippen LogP contribution is 2.59. The van der Waals surface area contributed by atoms with Gasteiger partial charge in [-0.05, 0) is 17.3 Å². The van der Waals surface area contributed by atoms with Gasteiger partial charge in [0.1, 0.15) is 5.69 Å². The van der Waals surface area contributed by atoms with Crippen molar-refractivity contribution in [1.82, 2.24) is 13.3 Å².